The third-order valence-corrected chi connectivity index (χ3v) is 9.99. The minimum Gasteiger partial charge on any atom is -0.351 e. The van der Waals surface area contributed by atoms with Crippen LogP contribution in [0.2, 0.25) is 0 Å². The number of hydrogen-bond acceptors (Lipinski definition) is 6. The van der Waals surface area contributed by atoms with E-state index < -0.39 is 37.9 Å². The number of hydrogen-bond donors (Lipinski definition) is 2. The molecule has 0 aromatic heterocycles. The van der Waals surface area contributed by atoms with Crippen molar-refractivity contribution in [2.24, 2.45) is 11.8 Å². The second kappa shape index (κ2) is 10.1. The average Bonchev–Trinajstić information content (AvgIpc) is 3.09. The van der Waals surface area contributed by atoms with Crippen molar-refractivity contribution in [3.05, 3.63) is 29.8 Å². The van der Waals surface area contributed by atoms with Crippen LogP contribution in [0, 0.1) is 18.8 Å². The SMILES string of the molecule is Cc1ccc(S(=O)(=O)N2CCC(C(=O)N[C@H](C(=O)N[C@@H]3CCS(=O)(=O)C3)C(C)C)CC2)cc1. The van der Waals surface area contributed by atoms with E-state index in [9.17, 15) is 26.4 Å². The van der Waals surface area contributed by atoms with Gasteiger partial charge in [0.05, 0.1) is 16.4 Å². The van der Waals surface area contributed by atoms with Crippen LogP contribution >= 0.6 is 0 Å². The molecule has 2 atom stereocenters. The molecule has 2 aliphatic rings. The number of piperidine rings is 1. The summed E-state index contributed by atoms with van der Waals surface area (Å²) in [5.41, 5.74) is 0.975. The molecule has 0 spiro atoms. The van der Waals surface area contributed by atoms with E-state index in [1.807, 2.05) is 20.8 Å². The standard InChI is InChI=1S/C22H33N3O6S2/c1-15(2)20(22(27)23-18-10-13-32(28,29)14-18)24-21(26)17-8-11-25(12-9-17)33(30,31)19-6-4-16(3)5-7-19/h4-7,15,17-18,20H,8-14H2,1-3H3,(H,23,27)(H,24,26)/t18-,20+/m1/s1. The Bertz CT molecular complexity index is 1080. The molecule has 11 heteroatoms. The molecular formula is C22H33N3O6S2. The van der Waals surface area contributed by atoms with E-state index in [1.165, 1.54) is 4.31 Å². The van der Waals surface area contributed by atoms with E-state index in [0.717, 1.165) is 5.56 Å². The van der Waals surface area contributed by atoms with Crippen LogP contribution in [0.15, 0.2) is 29.2 Å². The molecule has 0 radical (unpaired) electrons. The van der Waals surface area contributed by atoms with Crippen molar-refractivity contribution < 1.29 is 26.4 Å². The predicted octanol–water partition coefficient (Wildman–Crippen LogP) is 0.840. The van der Waals surface area contributed by atoms with Gasteiger partial charge in [0, 0.05) is 25.0 Å². The molecule has 3 rings (SSSR count). The number of nitrogens with one attached hydrogen (secondary N) is 2. The minimum absolute atomic E-state index is 0.0563. The molecule has 2 heterocycles. The van der Waals surface area contributed by atoms with Crippen LogP contribution in [-0.2, 0) is 29.4 Å². The molecule has 0 bridgehead atoms. The fourth-order valence-electron chi connectivity index (χ4n) is 4.22. The van der Waals surface area contributed by atoms with Crippen molar-refractivity contribution in [1.82, 2.24) is 14.9 Å². The highest BCUT2D eigenvalue weighted by atomic mass is 32.2. The number of carbonyl (C=O) groups excluding carboxylic acids is 2. The summed E-state index contributed by atoms with van der Waals surface area (Å²) in [6.45, 7) is 5.97. The third kappa shape index (κ3) is 6.33. The molecule has 0 unspecified atom stereocenters. The highest BCUT2D eigenvalue weighted by Crippen LogP contribution is 2.24. The Morgan fingerprint density at radius 3 is 2.18 bits per heavy atom. The van der Waals surface area contributed by atoms with Crippen LogP contribution in [0.4, 0.5) is 0 Å². The summed E-state index contributed by atoms with van der Waals surface area (Å²) in [5, 5.41) is 5.56. The van der Waals surface area contributed by atoms with Crippen LogP contribution < -0.4 is 10.6 Å². The first-order valence-corrected chi connectivity index (χ1v) is 14.5. The highest BCUT2D eigenvalue weighted by molar-refractivity contribution is 7.91. The summed E-state index contributed by atoms with van der Waals surface area (Å²) in [6.07, 6.45) is 1.11. The quantitative estimate of drug-likeness (QED) is 0.572. The molecule has 9 nitrogen and oxygen atoms in total. The number of nitrogens with zero attached hydrogens (tertiary/aromatic N) is 1. The van der Waals surface area contributed by atoms with Gasteiger partial charge in [-0.3, -0.25) is 9.59 Å². The Balaban J connectivity index is 1.56. The van der Waals surface area contributed by atoms with Gasteiger partial charge in [-0.15, -0.1) is 0 Å². The third-order valence-electron chi connectivity index (χ3n) is 6.31. The predicted molar refractivity (Wildman–Crippen MR) is 125 cm³/mol. The lowest BCUT2D eigenvalue weighted by atomic mass is 9.95. The second-order valence-corrected chi connectivity index (χ2v) is 13.5. The molecule has 1 aromatic rings. The first-order valence-electron chi connectivity index (χ1n) is 11.3. The van der Waals surface area contributed by atoms with Crippen LogP contribution in [0.25, 0.3) is 0 Å². The number of amides is 2. The highest BCUT2D eigenvalue weighted by Gasteiger charge is 2.35. The Morgan fingerprint density at radius 2 is 1.67 bits per heavy atom. The van der Waals surface area contributed by atoms with Gasteiger partial charge >= 0.3 is 0 Å². The molecular weight excluding hydrogens is 466 g/mol. The van der Waals surface area contributed by atoms with E-state index >= 15 is 0 Å². The van der Waals surface area contributed by atoms with Gasteiger partial charge in [-0.2, -0.15) is 4.31 Å². The lowest BCUT2D eigenvalue weighted by Crippen LogP contribution is -2.54. The van der Waals surface area contributed by atoms with E-state index in [4.69, 9.17) is 0 Å². The van der Waals surface area contributed by atoms with Gasteiger partial charge in [-0.1, -0.05) is 31.5 Å². The topological polar surface area (TPSA) is 130 Å². The zero-order valence-electron chi connectivity index (χ0n) is 19.3. The zero-order valence-corrected chi connectivity index (χ0v) is 20.9. The second-order valence-electron chi connectivity index (χ2n) is 9.33. The van der Waals surface area contributed by atoms with Crippen molar-refractivity contribution in [2.75, 3.05) is 24.6 Å². The monoisotopic (exact) mass is 499 g/mol. The van der Waals surface area contributed by atoms with Gasteiger partial charge in [-0.05, 0) is 44.2 Å². The van der Waals surface area contributed by atoms with Gasteiger partial charge < -0.3 is 10.6 Å². The number of aryl methyl sites for hydroxylation is 1. The molecule has 2 N–H and O–H groups in total. The molecule has 184 valence electrons. The molecule has 2 amide bonds. The maximum Gasteiger partial charge on any atom is 0.243 e. The normalized spacial score (nSPS) is 22.7. The number of sulfonamides is 1. The number of benzene rings is 1. The van der Waals surface area contributed by atoms with Gasteiger partial charge in [0.1, 0.15) is 6.04 Å². The fraction of sp³-hybridized carbons (Fsp3) is 0.636. The van der Waals surface area contributed by atoms with Crippen LogP contribution in [0.3, 0.4) is 0 Å². The molecule has 33 heavy (non-hydrogen) atoms. The molecule has 2 aliphatic heterocycles. The summed E-state index contributed by atoms with van der Waals surface area (Å²) < 4.78 is 50.4. The lowest BCUT2D eigenvalue weighted by Gasteiger charge is -2.32. The molecule has 0 aliphatic carbocycles. The van der Waals surface area contributed by atoms with Crippen LogP contribution in [0.5, 0.6) is 0 Å². The molecule has 0 saturated carbocycles. The Labute approximate surface area is 196 Å². The van der Waals surface area contributed by atoms with Crippen molar-refractivity contribution >= 4 is 31.7 Å². The Kier molecular flexibility index (Phi) is 7.85. The Morgan fingerprint density at radius 1 is 1.06 bits per heavy atom. The summed E-state index contributed by atoms with van der Waals surface area (Å²) in [4.78, 5) is 25.8. The van der Waals surface area contributed by atoms with Gasteiger partial charge in [0.2, 0.25) is 21.8 Å². The first kappa shape index (κ1) is 25.6. The zero-order chi connectivity index (χ0) is 24.4. The Hall–Kier alpha value is -1.98. The van der Waals surface area contributed by atoms with E-state index in [-0.39, 0.29) is 47.2 Å². The fourth-order valence-corrected chi connectivity index (χ4v) is 7.37. The summed E-state index contributed by atoms with van der Waals surface area (Å²) in [6, 6.07) is 5.47. The van der Waals surface area contributed by atoms with Crippen LogP contribution in [-0.4, -0.2) is 69.6 Å². The maximum atomic E-state index is 12.9. The first-order chi connectivity index (χ1) is 15.4. The van der Waals surface area contributed by atoms with Crippen molar-refractivity contribution in [2.45, 2.75) is 57.0 Å². The van der Waals surface area contributed by atoms with Gasteiger partial charge in [0.15, 0.2) is 9.84 Å². The van der Waals surface area contributed by atoms with E-state index in [2.05, 4.69) is 10.6 Å². The summed E-state index contributed by atoms with van der Waals surface area (Å²) in [5.74, 6) is -1.27. The maximum absolute atomic E-state index is 12.9. The largest absolute Gasteiger partial charge is 0.351 e. The summed E-state index contributed by atoms with van der Waals surface area (Å²) >= 11 is 0. The number of rotatable bonds is 7. The van der Waals surface area contributed by atoms with E-state index in [1.54, 1.807) is 24.3 Å². The molecule has 1 aromatic carbocycles. The van der Waals surface area contributed by atoms with Gasteiger partial charge in [-0.25, -0.2) is 16.8 Å². The van der Waals surface area contributed by atoms with Crippen LogP contribution in [0.1, 0.15) is 38.7 Å². The molecule has 2 saturated heterocycles. The molecule has 2 fully saturated rings. The van der Waals surface area contributed by atoms with Crippen molar-refractivity contribution in [1.29, 1.82) is 0 Å². The van der Waals surface area contributed by atoms with Gasteiger partial charge in [0.25, 0.3) is 0 Å². The van der Waals surface area contributed by atoms with Crippen molar-refractivity contribution in [3.8, 4) is 0 Å². The summed E-state index contributed by atoms with van der Waals surface area (Å²) in [7, 11) is -6.74. The number of carbonyl (C=O) groups is 2. The van der Waals surface area contributed by atoms with Crippen molar-refractivity contribution in [3.63, 3.8) is 0 Å². The minimum atomic E-state index is -3.61. The lowest BCUT2D eigenvalue weighted by molar-refractivity contribution is -0.133. The van der Waals surface area contributed by atoms with E-state index in [0.29, 0.717) is 19.3 Å². The smallest absolute Gasteiger partial charge is 0.243 e. The average molecular weight is 500 g/mol. The number of sulfone groups is 1.